The summed E-state index contributed by atoms with van der Waals surface area (Å²) in [7, 11) is 0. The van der Waals surface area contributed by atoms with Crippen molar-refractivity contribution in [2.45, 2.75) is 286 Å². The average molecular weight is 1440 g/mol. The first-order chi connectivity index (χ1) is 46.0. The lowest BCUT2D eigenvalue weighted by atomic mass is 9.90. The number of aliphatic carboxylic acids is 1. The van der Waals surface area contributed by atoms with Crippen molar-refractivity contribution < 1.29 is 203 Å². The molecule has 570 valence electrons. The molecule has 7 aliphatic heterocycles. The molecule has 0 aromatic heterocycles. The first kappa shape index (κ1) is 82.2. The zero-order valence-electron chi connectivity index (χ0n) is 53.1. The molecule has 7 heterocycles. The molecule has 0 saturated carbocycles. The number of nitrogens with one attached hydrogen (secondary N) is 2. The predicted octanol–water partition coefficient (Wildman–Crippen LogP) is -16.2. The summed E-state index contributed by atoms with van der Waals surface area (Å²) in [6, 6.07) is -3.93. The van der Waals surface area contributed by atoms with Crippen LogP contribution in [-0.4, -0.2) is 425 Å². The molecule has 0 spiro atoms. The summed E-state index contributed by atoms with van der Waals surface area (Å²) in [5, 5.41) is 267. The molecule has 7 aliphatic rings. The monoisotopic (exact) mass is 1440 g/mol. The van der Waals surface area contributed by atoms with Crippen LogP contribution in [0.3, 0.4) is 0 Å². The fourth-order valence-corrected chi connectivity index (χ4v) is 12.3. The fourth-order valence-electron chi connectivity index (χ4n) is 12.3. The van der Waals surface area contributed by atoms with Gasteiger partial charge < -0.3 is 200 Å². The zero-order chi connectivity index (χ0) is 73.0. The van der Waals surface area contributed by atoms with E-state index in [1.807, 2.05) is 0 Å². The highest BCUT2D eigenvalue weighted by atomic mass is 16.8. The normalized spacial score (nSPS) is 46.8. The van der Waals surface area contributed by atoms with Gasteiger partial charge in [-0.2, -0.15) is 0 Å². The Morgan fingerprint density at radius 1 is 0.469 bits per heavy atom. The molecule has 0 unspecified atom stereocenters. The maximum atomic E-state index is 13.5. The molecule has 7 rings (SSSR count). The molecule has 7 fully saturated rings. The van der Waals surface area contributed by atoms with Crippen LogP contribution in [0.2, 0.25) is 0 Å². The minimum atomic E-state index is -3.32. The van der Waals surface area contributed by atoms with E-state index in [0.29, 0.717) is 0 Å². The lowest BCUT2D eigenvalue weighted by molar-refractivity contribution is -0.399. The molecular formula is C55H94N2O41. The van der Waals surface area contributed by atoms with Crippen LogP contribution in [0.4, 0.5) is 0 Å². The second-order valence-corrected chi connectivity index (χ2v) is 25.0. The number of aliphatic hydroxyl groups is 23. The van der Waals surface area contributed by atoms with Gasteiger partial charge in [0.2, 0.25) is 11.8 Å². The summed E-state index contributed by atoms with van der Waals surface area (Å²) in [6.45, 7) is -1.65. The van der Waals surface area contributed by atoms with Crippen LogP contribution in [0.15, 0.2) is 0 Å². The van der Waals surface area contributed by atoms with Gasteiger partial charge in [-0.1, -0.05) is 0 Å². The highest BCUT2D eigenvalue weighted by Gasteiger charge is 2.61. The molecule has 26 N–H and O–H groups in total. The standard InChI is InChI=1S/C55H94N2O41/c1-13-26(67)34(75)37(78)49(86-13)96-45-28(69)15(3)88-52(41(45)82)89-21-6-55(54(83)84,98-46(32(21)73)29(70)19(65)8-59)85-12-20(66)30(71)42(18(7-58)56-16(4)63)93-48-25(57-17(5)64)33(74)43(23(10-61)91-48)95-53-47(97-50-38(79)35(76)27(68)14(2)87-50)40(81)44(24(11-62)92-53)94-51-39(80)36(77)31(72)22(9-60)90-51/h13-15,18-53,58-62,65-82H,6-12H2,1-5H3,(H,56,63)(H,57,64)(H,83,84)/t13-,14-,15-,18-,19+,20+,21-,22+,23+,24+,25+,26+,27+,28+,29+,30-,31-,32+,33+,34+,35+,36-,37-,38-,39+,40-,41-,42+,43+,44-,45+,46-,47+,48-,49-,50-,51+,52-,53-,55+/m0/s1. The van der Waals surface area contributed by atoms with Crippen LogP contribution >= 0.6 is 0 Å². The van der Waals surface area contributed by atoms with Crippen LogP contribution in [0.5, 0.6) is 0 Å². The number of carboxylic acid groups (broad SMARTS) is 1. The Morgan fingerprint density at radius 3 is 1.43 bits per heavy atom. The van der Waals surface area contributed by atoms with Crippen molar-refractivity contribution in [1.29, 1.82) is 0 Å². The Morgan fingerprint density at radius 2 is 0.929 bits per heavy atom. The zero-order valence-corrected chi connectivity index (χ0v) is 53.1. The smallest absolute Gasteiger partial charge is 0.364 e. The number of carbonyl (C=O) groups excluding carboxylic acids is 2. The van der Waals surface area contributed by atoms with Gasteiger partial charge in [-0.15, -0.1) is 0 Å². The SMILES string of the molecule is CC(=O)N[C@H]1[C@H](O[C@@H]([C@@H](O)[C@H](O)CO[C@]2(C(=O)O)C[C@H](O[C@@H]3O[C@@H](C)[C@@H](O)[C@@H](O[C@@H]4O[C@@H](C)[C@@H](O)[C@@H](O)[C@@H]4O)[C@@H]3O)[C@@H](O)[C@H]([C@H](O)[C@H](O)CO)O2)[C@H](CO)NC(C)=O)O[C@H](CO)[C@@H](O[C@@H]2O[C@H](CO)[C@H](O[C@H]3O[C@H](CO)[C@H](O)[C@H](O)[C@H]3O)[C@H](O)[C@H]2O[C@@H]2O[C@@H](C)[C@@H](O)[C@@H](O)[C@@H]2O)[C@@H]1O. The second-order valence-electron chi connectivity index (χ2n) is 25.0. The van der Waals surface area contributed by atoms with Crippen molar-refractivity contribution in [3.05, 3.63) is 0 Å². The molecule has 0 bridgehead atoms. The molecule has 7 saturated heterocycles. The van der Waals surface area contributed by atoms with Crippen molar-refractivity contribution >= 4 is 17.8 Å². The largest absolute Gasteiger partial charge is 0.477 e. The van der Waals surface area contributed by atoms with Gasteiger partial charge in [0, 0.05) is 20.3 Å². The van der Waals surface area contributed by atoms with E-state index in [2.05, 4.69) is 10.6 Å². The van der Waals surface area contributed by atoms with Crippen LogP contribution < -0.4 is 10.6 Å². The van der Waals surface area contributed by atoms with E-state index in [4.69, 9.17) is 66.3 Å². The molecule has 0 aromatic carbocycles. The van der Waals surface area contributed by atoms with Gasteiger partial charge in [-0.25, -0.2) is 4.79 Å². The number of hydrogen-bond acceptors (Lipinski definition) is 40. The van der Waals surface area contributed by atoms with Gasteiger partial charge >= 0.3 is 5.97 Å². The number of aliphatic hydroxyl groups excluding tert-OH is 23. The van der Waals surface area contributed by atoms with Crippen molar-refractivity contribution in [2.75, 3.05) is 39.6 Å². The number of rotatable bonds is 28. The van der Waals surface area contributed by atoms with Crippen LogP contribution in [-0.2, 0) is 80.7 Å². The van der Waals surface area contributed by atoms with E-state index < -0.39 is 309 Å². The highest BCUT2D eigenvalue weighted by molar-refractivity contribution is 5.76. The molecule has 0 aromatic rings. The summed E-state index contributed by atoms with van der Waals surface area (Å²) in [4.78, 5) is 39.1. The van der Waals surface area contributed by atoms with E-state index in [1.54, 1.807) is 0 Å². The molecule has 98 heavy (non-hydrogen) atoms. The summed E-state index contributed by atoms with van der Waals surface area (Å²) >= 11 is 0. The number of amides is 2. The fraction of sp³-hybridized carbons (Fsp3) is 0.945. The Labute approximate surface area is 556 Å². The molecular weight excluding hydrogens is 1340 g/mol. The summed E-state index contributed by atoms with van der Waals surface area (Å²) in [5.74, 6) is -7.43. The first-order valence-electron chi connectivity index (χ1n) is 31.3. The van der Waals surface area contributed by atoms with Gasteiger partial charge in [0.05, 0.1) is 70.1 Å². The second kappa shape index (κ2) is 35.1. The molecule has 40 atom stereocenters. The third kappa shape index (κ3) is 18.0. The van der Waals surface area contributed by atoms with Gasteiger partial charge in [0.25, 0.3) is 5.79 Å². The molecule has 2 amide bonds. The molecule has 0 aliphatic carbocycles. The number of hydrogen-bond donors (Lipinski definition) is 26. The van der Waals surface area contributed by atoms with Gasteiger partial charge in [-0.3, -0.25) is 9.59 Å². The topological polar surface area (TPSA) is 690 Å². The average Bonchev–Trinajstić information content (AvgIpc) is 0.769. The Hall–Kier alpha value is -3.07. The van der Waals surface area contributed by atoms with E-state index in [9.17, 15) is 137 Å². The van der Waals surface area contributed by atoms with E-state index in [1.165, 1.54) is 20.8 Å². The van der Waals surface area contributed by atoms with Gasteiger partial charge in [-0.05, 0) is 20.8 Å². The van der Waals surface area contributed by atoms with Crippen molar-refractivity contribution in [1.82, 2.24) is 10.6 Å². The van der Waals surface area contributed by atoms with E-state index in [-0.39, 0.29) is 0 Å². The van der Waals surface area contributed by atoms with Crippen LogP contribution in [0, 0.1) is 0 Å². The van der Waals surface area contributed by atoms with Crippen molar-refractivity contribution in [2.24, 2.45) is 0 Å². The lowest BCUT2D eigenvalue weighted by Gasteiger charge is -2.51. The summed E-state index contributed by atoms with van der Waals surface area (Å²) < 4.78 is 80.8. The quantitative estimate of drug-likeness (QED) is 0.0346. The van der Waals surface area contributed by atoms with Crippen molar-refractivity contribution in [3.63, 3.8) is 0 Å². The van der Waals surface area contributed by atoms with Crippen LogP contribution in [0.25, 0.3) is 0 Å². The molecule has 0 radical (unpaired) electrons. The number of carboxylic acids is 1. The molecule has 43 heteroatoms. The summed E-state index contributed by atoms with van der Waals surface area (Å²) in [5.41, 5.74) is 0. The predicted molar refractivity (Wildman–Crippen MR) is 303 cm³/mol. The number of ether oxygens (including phenoxy) is 14. The van der Waals surface area contributed by atoms with E-state index >= 15 is 0 Å². The minimum absolute atomic E-state index is 0.904. The highest BCUT2D eigenvalue weighted by Crippen LogP contribution is 2.40. The lowest BCUT2D eigenvalue weighted by Crippen LogP contribution is -2.70. The maximum Gasteiger partial charge on any atom is 0.364 e. The minimum Gasteiger partial charge on any atom is -0.477 e. The summed E-state index contributed by atoms with van der Waals surface area (Å²) in [6.07, 6.45) is -75.8. The Balaban J connectivity index is 1.15. The van der Waals surface area contributed by atoms with Crippen LogP contribution in [0.1, 0.15) is 41.0 Å². The van der Waals surface area contributed by atoms with Crippen molar-refractivity contribution in [3.8, 4) is 0 Å². The van der Waals surface area contributed by atoms with Gasteiger partial charge in [0.15, 0.2) is 37.7 Å². The Bertz CT molecular complexity index is 2510. The van der Waals surface area contributed by atoms with E-state index in [0.717, 1.165) is 13.8 Å². The third-order valence-electron chi connectivity index (χ3n) is 18.0. The first-order valence-corrected chi connectivity index (χ1v) is 31.3. The van der Waals surface area contributed by atoms with Gasteiger partial charge in [0.1, 0.15) is 171 Å². The Kier molecular flexibility index (Phi) is 29.5. The molecule has 43 nitrogen and oxygen atoms in total. The third-order valence-corrected chi connectivity index (χ3v) is 18.0. The number of carbonyl (C=O) groups is 3. The maximum absolute atomic E-state index is 13.5.